The van der Waals surface area contributed by atoms with E-state index in [1.807, 2.05) is 12.1 Å². The van der Waals surface area contributed by atoms with E-state index in [0.717, 1.165) is 18.5 Å². The van der Waals surface area contributed by atoms with Crippen LogP contribution in [0.2, 0.25) is 0 Å². The van der Waals surface area contributed by atoms with Gasteiger partial charge < -0.3 is 15.8 Å². The average Bonchev–Trinajstić information content (AvgIpc) is 2.82. The Morgan fingerprint density at radius 3 is 2.56 bits per heavy atom. The molecule has 2 heterocycles. The normalized spacial score (nSPS) is 11.7. The average molecular weight is 499 g/mol. The van der Waals surface area contributed by atoms with Gasteiger partial charge in [0.1, 0.15) is 5.75 Å². The Morgan fingerprint density at radius 1 is 1.08 bits per heavy atom. The largest absolute Gasteiger partial charge is 0.573 e. The summed E-state index contributed by atoms with van der Waals surface area (Å²) in [6, 6.07) is 14.2. The maximum atomic E-state index is 12.8. The van der Waals surface area contributed by atoms with Gasteiger partial charge in [0.15, 0.2) is 0 Å². The van der Waals surface area contributed by atoms with Crippen LogP contribution in [-0.4, -0.2) is 33.8 Å². The van der Waals surface area contributed by atoms with Crippen LogP contribution in [0, 0.1) is 0 Å². The molecule has 2 aromatic carbocycles. The summed E-state index contributed by atoms with van der Waals surface area (Å²) in [6.45, 7) is 2.09. The van der Waals surface area contributed by atoms with E-state index >= 15 is 0 Å². The molecule has 0 radical (unpaired) electrons. The molecule has 4 aromatic rings. The number of fused-ring (bicyclic) bond motifs is 1. The summed E-state index contributed by atoms with van der Waals surface area (Å²) in [6.07, 6.45) is -2.67. The van der Waals surface area contributed by atoms with E-state index in [4.69, 9.17) is 5.73 Å². The number of para-hydroxylation sites is 1. The molecule has 0 bridgehead atoms. The van der Waals surface area contributed by atoms with Gasteiger partial charge in [0.25, 0.3) is 11.1 Å². The Morgan fingerprint density at radius 2 is 1.83 bits per heavy atom. The molecule has 0 aliphatic rings. The molecule has 0 spiro atoms. The Balaban J connectivity index is 1.60. The fraction of sp³-hybridized carbons (Fsp3) is 0.240. The van der Waals surface area contributed by atoms with Crippen LogP contribution in [0.25, 0.3) is 16.9 Å². The molecule has 11 heteroatoms. The monoisotopic (exact) mass is 499 g/mol. The Kier molecular flexibility index (Phi) is 7.51. The Labute approximate surface area is 203 Å². The number of hydrogen-bond acceptors (Lipinski definition) is 6. The zero-order chi connectivity index (χ0) is 25.7. The molecular formula is C25H24F3N5O3. The van der Waals surface area contributed by atoms with Gasteiger partial charge in [-0.05, 0) is 36.7 Å². The van der Waals surface area contributed by atoms with Crippen molar-refractivity contribution >= 4 is 5.78 Å². The Bertz CT molecular complexity index is 1460. The fourth-order valence-electron chi connectivity index (χ4n) is 3.74. The molecule has 0 unspecified atom stereocenters. The third kappa shape index (κ3) is 6.18. The third-order valence-electron chi connectivity index (χ3n) is 5.45. The van der Waals surface area contributed by atoms with Crippen molar-refractivity contribution in [3.63, 3.8) is 0 Å². The number of benzene rings is 2. The second kappa shape index (κ2) is 10.8. The number of aromatic amines is 1. The molecule has 0 aliphatic carbocycles. The topological polar surface area (TPSA) is 115 Å². The van der Waals surface area contributed by atoms with Crippen molar-refractivity contribution in [2.24, 2.45) is 5.73 Å². The lowest BCUT2D eigenvalue weighted by Gasteiger charge is -2.13. The molecule has 0 saturated carbocycles. The van der Waals surface area contributed by atoms with Gasteiger partial charge in [-0.25, -0.2) is 4.98 Å². The van der Waals surface area contributed by atoms with E-state index in [0.29, 0.717) is 18.7 Å². The smallest absolute Gasteiger partial charge is 0.405 e. The number of H-pyrrole nitrogens is 1. The fourth-order valence-corrected chi connectivity index (χ4v) is 3.74. The van der Waals surface area contributed by atoms with Gasteiger partial charge in [0.2, 0.25) is 5.78 Å². The molecule has 0 amide bonds. The molecule has 8 nitrogen and oxygen atoms in total. The van der Waals surface area contributed by atoms with Crippen molar-refractivity contribution in [2.45, 2.75) is 25.7 Å². The number of halogens is 3. The number of nitrogens with two attached hydrogens (primary N) is 1. The lowest BCUT2D eigenvalue weighted by atomic mass is 10.1. The van der Waals surface area contributed by atoms with E-state index in [9.17, 15) is 22.8 Å². The number of alkyl halides is 3. The minimum Gasteiger partial charge on any atom is -0.405 e. The summed E-state index contributed by atoms with van der Waals surface area (Å²) in [5, 5.41) is 3.28. The molecule has 0 aliphatic heterocycles. The van der Waals surface area contributed by atoms with E-state index < -0.39 is 17.5 Å². The predicted molar refractivity (Wildman–Crippen MR) is 129 cm³/mol. The maximum absolute atomic E-state index is 12.8. The van der Waals surface area contributed by atoms with Gasteiger partial charge >= 0.3 is 6.36 Å². The first kappa shape index (κ1) is 25.1. The van der Waals surface area contributed by atoms with Crippen LogP contribution in [0.3, 0.4) is 0 Å². The quantitative estimate of drug-likeness (QED) is 0.305. The summed E-state index contributed by atoms with van der Waals surface area (Å²) >= 11 is 0. The SMILES string of the molecule is NCCCNCc1ccc(-c2cn3c(=O)cc(Cc4ccccc4OC(F)(F)F)nc3[nH]c2=O)cc1. The zero-order valence-electron chi connectivity index (χ0n) is 19.1. The van der Waals surface area contributed by atoms with Gasteiger partial charge in [-0.3, -0.25) is 19.0 Å². The highest BCUT2D eigenvalue weighted by atomic mass is 19.4. The van der Waals surface area contributed by atoms with E-state index in [1.165, 1.54) is 34.9 Å². The van der Waals surface area contributed by atoms with Crippen LogP contribution in [0.4, 0.5) is 13.2 Å². The zero-order valence-corrected chi connectivity index (χ0v) is 19.1. The van der Waals surface area contributed by atoms with E-state index in [1.54, 1.807) is 18.2 Å². The number of ether oxygens (including phenoxy) is 1. The van der Waals surface area contributed by atoms with Crippen molar-refractivity contribution in [1.82, 2.24) is 19.7 Å². The molecule has 2 aromatic heterocycles. The first-order chi connectivity index (χ1) is 17.2. The highest BCUT2D eigenvalue weighted by Crippen LogP contribution is 2.27. The predicted octanol–water partition coefficient (Wildman–Crippen LogP) is 2.98. The summed E-state index contributed by atoms with van der Waals surface area (Å²) in [5.74, 6) is -0.393. The number of hydrogen-bond donors (Lipinski definition) is 3. The summed E-state index contributed by atoms with van der Waals surface area (Å²) in [7, 11) is 0. The van der Waals surface area contributed by atoms with Crippen molar-refractivity contribution < 1.29 is 17.9 Å². The molecule has 0 atom stereocenters. The van der Waals surface area contributed by atoms with Gasteiger partial charge in [0, 0.05) is 30.8 Å². The first-order valence-corrected chi connectivity index (χ1v) is 11.2. The second-order valence-electron chi connectivity index (χ2n) is 8.12. The summed E-state index contributed by atoms with van der Waals surface area (Å²) in [5.41, 5.74) is 6.87. The maximum Gasteiger partial charge on any atom is 0.573 e. The van der Waals surface area contributed by atoms with Crippen LogP contribution in [0.1, 0.15) is 23.2 Å². The number of rotatable bonds is 9. The molecule has 188 valence electrons. The van der Waals surface area contributed by atoms with Crippen LogP contribution in [0.15, 0.2) is 70.4 Å². The lowest BCUT2D eigenvalue weighted by Crippen LogP contribution is -2.22. The number of nitrogens with one attached hydrogen (secondary N) is 2. The van der Waals surface area contributed by atoms with Crippen LogP contribution in [0.5, 0.6) is 5.75 Å². The van der Waals surface area contributed by atoms with Crippen molar-refractivity contribution in [3.05, 3.63) is 98.3 Å². The third-order valence-corrected chi connectivity index (χ3v) is 5.45. The van der Waals surface area contributed by atoms with Gasteiger partial charge in [0.05, 0.1) is 11.3 Å². The van der Waals surface area contributed by atoms with Crippen LogP contribution < -0.4 is 26.9 Å². The Hall–Kier alpha value is -3.96. The summed E-state index contributed by atoms with van der Waals surface area (Å²) in [4.78, 5) is 32.5. The molecule has 0 saturated heterocycles. The van der Waals surface area contributed by atoms with Gasteiger partial charge in [-0.15, -0.1) is 13.2 Å². The number of aromatic nitrogens is 3. The molecular weight excluding hydrogens is 475 g/mol. The van der Waals surface area contributed by atoms with Gasteiger partial charge in [-0.2, -0.15) is 0 Å². The van der Waals surface area contributed by atoms with Crippen LogP contribution >= 0.6 is 0 Å². The van der Waals surface area contributed by atoms with Crippen LogP contribution in [-0.2, 0) is 13.0 Å². The minimum atomic E-state index is -4.85. The molecule has 4 N–H and O–H groups in total. The standard InChI is InChI=1S/C25H24F3N5O3/c26-25(27,28)36-21-5-2-1-4-18(21)12-19-13-22(34)33-15-20(23(35)32-24(33)31-19)17-8-6-16(7-9-17)14-30-11-3-10-29/h1-2,4-9,13,15,30H,3,10-12,14,29H2,(H,31,32,35). The van der Waals surface area contributed by atoms with Crippen molar-refractivity contribution in [2.75, 3.05) is 13.1 Å². The first-order valence-electron chi connectivity index (χ1n) is 11.2. The minimum absolute atomic E-state index is 0.0128. The second-order valence-corrected chi connectivity index (χ2v) is 8.12. The van der Waals surface area contributed by atoms with Crippen molar-refractivity contribution in [3.8, 4) is 16.9 Å². The van der Waals surface area contributed by atoms with Gasteiger partial charge in [-0.1, -0.05) is 42.5 Å². The highest BCUT2D eigenvalue weighted by Gasteiger charge is 2.32. The summed E-state index contributed by atoms with van der Waals surface area (Å²) < 4.78 is 43.4. The van der Waals surface area contributed by atoms with Crippen molar-refractivity contribution in [1.29, 1.82) is 0 Å². The highest BCUT2D eigenvalue weighted by molar-refractivity contribution is 5.62. The molecule has 36 heavy (non-hydrogen) atoms. The molecule has 0 fully saturated rings. The van der Waals surface area contributed by atoms with E-state index in [2.05, 4.69) is 20.0 Å². The van der Waals surface area contributed by atoms with E-state index in [-0.39, 0.29) is 34.8 Å². The molecule has 4 rings (SSSR count). The number of nitrogens with zero attached hydrogens (tertiary/aromatic N) is 2. The lowest BCUT2D eigenvalue weighted by molar-refractivity contribution is -0.274.